The van der Waals surface area contributed by atoms with Gasteiger partial charge >= 0.3 is 11.9 Å². The molecule has 1 fully saturated rings. The van der Waals surface area contributed by atoms with Crippen molar-refractivity contribution in [1.82, 2.24) is 0 Å². The summed E-state index contributed by atoms with van der Waals surface area (Å²) >= 11 is 0. The Kier molecular flexibility index (Phi) is 5.45. The smallest absolute Gasteiger partial charge is 0.323 e. The third-order valence-corrected chi connectivity index (χ3v) is 3.49. The van der Waals surface area contributed by atoms with Gasteiger partial charge in [-0.2, -0.15) is 0 Å². The van der Waals surface area contributed by atoms with Crippen LogP contribution < -0.4 is 0 Å². The molecule has 0 unspecified atom stereocenters. The molecule has 98 valence electrons. The monoisotopic (exact) mass is 242 g/mol. The van der Waals surface area contributed by atoms with Crippen molar-refractivity contribution in [3.8, 4) is 0 Å². The molecule has 0 aromatic heterocycles. The number of carboxylic acids is 1. The number of hydrogen-bond acceptors (Lipinski definition) is 3. The maximum atomic E-state index is 11.9. The molecule has 0 saturated heterocycles. The van der Waals surface area contributed by atoms with Crippen molar-refractivity contribution in [3.05, 3.63) is 0 Å². The molecular weight excluding hydrogens is 220 g/mol. The van der Waals surface area contributed by atoms with Crippen molar-refractivity contribution < 1.29 is 19.4 Å². The molecule has 1 saturated carbocycles. The Morgan fingerprint density at radius 2 is 1.82 bits per heavy atom. The van der Waals surface area contributed by atoms with Gasteiger partial charge in [-0.15, -0.1) is 0 Å². The van der Waals surface area contributed by atoms with Gasteiger partial charge in [-0.05, 0) is 19.3 Å². The van der Waals surface area contributed by atoms with Crippen LogP contribution in [-0.4, -0.2) is 23.7 Å². The van der Waals surface area contributed by atoms with Crippen LogP contribution in [0.2, 0.25) is 0 Å². The fraction of sp³-hybridized carbons (Fsp3) is 0.846. The van der Waals surface area contributed by atoms with E-state index in [0.29, 0.717) is 19.4 Å². The van der Waals surface area contributed by atoms with E-state index in [-0.39, 0.29) is 0 Å². The molecule has 0 aromatic rings. The van der Waals surface area contributed by atoms with Crippen LogP contribution in [0.5, 0.6) is 0 Å². The van der Waals surface area contributed by atoms with E-state index in [0.717, 1.165) is 38.5 Å². The first kappa shape index (κ1) is 14.0. The quantitative estimate of drug-likeness (QED) is 0.442. The molecule has 4 heteroatoms. The molecule has 0 aromatic carbocycles. The Morgan fingerprint density at radius 3 is 2.35 bits per heavy atom. The SMILES string of the molecule is CCCCCOC(=O)C1(C(=O)O)CCCCC1. The summed E-state index contributed by atoms with van der Waals surface area (Å²) < 4.78 is 5.13. The molecule has 1 aliphatic carbocycles. The Morgan fingerprint density at radius 1 is 1.18 bits per heavy atom. The number of carboxylic acid groups (broad SMARTS) is 1. The second-order valence-electron chi connectivity index (χ2n) is 4.79. The van der Waals surface area contributed by atoms with Crippen molar-refractivity contribution >= 4 is 11.9 Å². The third kappa shape index (κ3) is 3.45. The van der Waals surface area contributed by atoms with Crippen LogP contribution in [0.4, 0.5) is 0 Å². The van der Waals surface area contributed by atoms with Crippen molar-refractivity contribution in [2.75, 3.05) is 6.61 Å². The van der Waals surface area contributed by atoms with Gasteiger partial charge in [0.25, 0.3) is 0 Å². The number of aliphatic carboxylic acids is 1. The highest BCUT2D eigenvalue weighted by Crippen LogP contribution is 2.37. The van der Waals surface area contributed by atoms with E-state index in [4.69, 9.17) is 4.74 Å². The first-order valence-corrected chi connectivity index (χ1v) is 6.54. The summed E-state index contributed by atoms with van der Waals surface area (Å²) in [5.74, 6) is -1.54. The van der Waals surface area contributed by atoms with Gasteiger partial charge in [0.2, 0.25) is 0 Å². The zero-order valence-electron chi connectivity index (χ0n) is 10.5. The highest BCUT2D eigenvalue weighted by Gasteiger charge is 2.48. The van der Waals surface area contributed by atoms with Crippen molar-refractivity contribution in [2.24, 2.45) is 5.41 Å². The summed E-state index contributed by atoms with van der Waals surface area (Å²) in [6, 6.07) is 0. The van der Waals surface area contributed by atoms with E-state index < -0.39 is 17.4 Å². The van der Waals surface area contributed by atoms with Gasteiger partial charge in [0.1, 0.15) is 0 Å². The van der Waals surface area contributed by atoms with Crippen LogP contribution in [0.25, 0.3) is 0 Å². The first-order chi connectivity index (χ1) is 8.13. The summed E-state index contributed by atoms with van der Waals surface area (Å²) in [5.41, 5.74) is -1.26. The van der Waals surface area contributed by atoms with E-state index in [1.807, 2.05) is 0 Å². The molecule has 0 radical (unpaired) electrons. The standard InChI is InChI=1S/C13H22O4/c1-2-3-7-10-17-12(16)13(11(14)15)8-5-4-6-9-13/h2-10H2,1H3,(H,14,15). The summed E-state index contributed by atoms with van der Waals surface area (Å²) in [5, 5.41) is 9.26. The Labute approximate surface area is 102 Å². The van der Waals surface area contributed by atoms with Gasteiger partial charge in [0, 0.05) is 0 Å². The third-order valence-electron chi connectivity index (χ3n) is 3.49. The normalized spacial score (nSPS) is 18.6. The molecule has 0 aliphatic heterocycles. The molecular formula is C13H22O4. The lowest BCUT2D eigenvalue weighted by molar-refractivity contribution is -0.171. The number of unbranched alkanes of at least 4 members (excludes halogenated alkanes) is 2. The van der Waals surface area contributed by atoms with Crippen LogP contribution in [0.3, 0.4) is 0 Å². The van der Waals surface area contributed by atoms with E-state index in [1.165, 1.54) is 0 Å². The van der Waals surface area contributed by atoms with Crippen LogP contribution in [0.15, 0.2) is 0 Å². The van der Waals surface area contributed by atoms with Gasteiger partial charge in [-0.1, -0.05) is 39.0 Å². The summed E-state index contributed by atoms with van der Waals surface area (Å²) in [7, 11) is 0. The second kappa shape index (κ2) is 6.62. The van der Waals surface area contributed by atoms with Gasteiger partial charge < -0.3 is 9.84 Å². The predicted octanol–water partition coefficient (Wildman–Crippen LogP) is 2.75. The molecule has 0 heterocycles. The molecule has 0 atom stereocenters. The number of esters is 1. The Hall–Kier alpha value is -1.06. The highest BCUT2D eigenvalue weighted by molar-refractivity contribution is 5.99. The van der Waals surface area contributed by atoms with Crippen LogP contribution in [0.1, 0.15) is 58.3 Å². The molecule has 0 bridgehead atoms. The van der Waals surface area contributed by atoms with Gasteiger partial charge in [0.05, 0.1) is 6.61 Å². The fourth-order valence-corrected chi connectivity index (χ4v) is 2.32. The molecule has 1 rings (SSSR count). The van der Waals surface area contributed by atoms with E-state index in [1.54, 1.807) is 0 Å². The van der Waals surface area contributed by atoms with Crippen LogP contribution in [-0.2, 0) is 14.3 Å². The largest absolute Gasteiger partial charge is 0.480 e. The lowest BCUT2D eigenvalue weighted by Crippen LogP contribution is -2.42. The van der Waals surface area contributed by atoms with Gasteiger partial charge in [0.15, 0.2) is 5.41 Å². The second-order valence-corrected chi connectivity index (χ2v) is 4.79. The molecule has 1 N–H and O–H groups in total. The van der Waals surface area contributed by atoms with E-state index in [2.05, 4.69) is 6.92 Å². The number of carbonyl (C=O) groups is 2. The first-order valence-electron chi connectivity index (χ1n) is 6.54. The van der Waals surface area contributed by atoms with Crippen molar-refractivity contribution in [3.63, 3.8) is 0 Å². The minimum Gasteiger partial charge on any atom is -0.480 e. The predicted molar refractivity (Wildman–Crippen MR) is 63.6 cm³/mol. The number of carbonyl (C=O) groups excluding carboxylic acids is 1. The maximum Gasteiger partial charge on any atom is 0.323 e. The number of rotatable bonds is 6. The van der Waals surface area contributed by atoms with Gasteiger partial charge in [-0.3, -0.25) is 9.59 Å². The van der Waals surface area contributed by atoms with Crippen molar-refractivity contribution in [1.29, 1.82) is 0 Å². The van der Waals surface area contributed by atoms with Gasteiger partial charge in [-0.25, -0.2) is 0 Å². The summed E-state index contributed by atoms with van der Waals surface area (Å²) in [6.07, 6.45) is 6.35. The summed E-state index contributed by atoms with van der Waals surface area (Å²) in [4.78, 5) is 23.2. The molecule has 0 amide bonds. The molecule has 1 aliphatic rings. The average Bonchev–Trinajstić information content (AvgIpc) is 2.35. The lowest BCUT2D eigenvalue weighted by atomic mass is 9.74. The fourth-order valence-electron chi connectivity index (χ4n) is 2.32. The maximum absolute atomic E-state index is 11.9. The Balaban J connectivity index is 2.52. The minimum absolute atomic E-state index is 0.349. The minimum atomic E-state index is -1.26. The molecule has 17 heavy (non-hydrogen) atoms. The van der Waals surface area contributed by atoms with Crippen LogP contribution in [0, 0.1) is 5.41 Å². The zero-order valence-corrected chi connectivity index (χ0v) is 10.5. The highest BCUT2D eigenvalue weighted by atomic mass is 16.5. The molecule has 4 nitrogen and oxygen atoms in total. The van der Waals surface area contributed by atoms with E-state index >= 15 is 0 Å². The Bertz CT molecular complexity index is 267. The average molecular weight is 242 g/mol. The molecule has 0 spiro atoms. The number of hydrogen-bond donors (Lipinski definition) is 1. The topological polar surface area (TPSA) is 63.6 Å². The van der Waals surface area contributed by atoms with E-state index in [9.17, 15) is 14.7 Å². The number of ether oxygens (including phenoxy) is 1. The van der Waals surface area contributed by atoms with Crippen LogP contribution >= 0.6 is 0 Å². The lowest BCUT2D eigenvalue weighted by Gasteiger charge is -2.30. The van der Waals surface area contributed by atoms with Crippen molar-refractivity contribution in [2.45, 2.75) is 58.3 Å². The summed E-state index contributed by atoms with van der Waals surface area (Å²) in [6.45, 7) is 2.42. The zero-order chi connectivity index (χ0) is 12.7.